The van der Waals surface area contributed by atoms with Crippen LogP contribution in [0.25, 0.3) is 0 Å². The molecule has 3 nitrogen and oxygen atoms in total. The second-order valence-electron chi connectivity index (χ2n) is 6.35. The van der Waals surface area contributed by atoms with Gasteiger partial charge in [0.2, 0.25) is 0 Å². The normalized spacial score (nSPS) is 22.3. The summed E-state index contributed by atoms with van der Waals surface area (Å²) in [4.78, 5) is 0. The molecular weight excluding hydrogens is 318 g/mol. The maximum atomic E-state index is 6.37. The number of hydrogen-bond donors (Lipinski definition) is 1. The number of rotatable bonds is 2. The molecule has 3 aliphatic rings. The minimum Gasteiger partial charge on any atom is -0.493 e. The molecule has 0 amide bonds. The van der Waals surface area contributed by atoms with Crippen molar-refractivity contribution in [2.45, 2.75) is 50.5 Å². The highest BCUT2D eigenvalue weighted by molar-refractivity contribution is 9.10. The Hall–Kier alpha value is -0.740. The quantitative estimate of drug-likeness (QED) is 0.901. The fourth-order valence-electron chi connectivity index (χ4n) is 3.36. The molecule has 4 heteroatoms. The van der Waals surface area contributed by atoms with E-state index in [2.05, 4.69) is 15.9 Å². The molecule has 0 spiro atoms. The molecule has 1 saturated carbocycles. The molecular formula is C16H20BrNO2. The first-order chi connectivity index (χ1) is 9.68. The molecule has 0 unspecified atom stereocenters. The summed E-state index contributed by atoms with van der Waals surface area (Å²) < 4.78 is 13.1. The smallest absolute Gasteiger partial charge is 0.137 e. The molecule has 0 aromatic heterocycles. The SMILES string of the molecule is NC1(Cc2c3c(c(Br)c4c2OCCC4)OCCC3)CC1. The minimum atomic E-state index is 0.00756. The summed E-state index contributed by atoms with van der Waals surface area (Å²) in [6, 6.07) is 0. The summed E-state index contributed by atoms with van der Waals surface area (Å²) in [5.41, 5.74) is 10.3. The van der Waals surface area contributed by atoms with Crippen LogP contribution in [-0.2, 0) is 19.3 Å². The molecule has 1 aromatic rings. The molecule has 20 heavy (non-hydrogen) atoms. The van der Waals surface area contributed by atoms with Crippen LogP contribution in [0.2, 0.25) is 0 Å². The number of halogens is 1. The van der Waals surface area contributed by atoms with Gasteiger partial charge >= 0.3 is 0 Å². The van der Waals surface area contributed by atoms with Gasteiger partial charge < -0.3 is 15.2 Å². The van der Waals surface area contributed by atoms with Gasteiger partial charge in [-0.25, -0.2) is 0 Å². The van der Waals surface area contributed by atoms with E-state index in [1.165, 1.54) is 16.7 Å². The predicted molar refractivity (Wildman–Crippen MR) is 81.6 cm³/mol. The first-order valence-corrected chi connectivity index (χ1v) is 8.38. The molecule has 0 saturated heterocycles. The maximum Gasteiger partial charge on any atom is 0.137 e. The highest BCUT2D eigenvalue weighted by Crippen LogP contribution is 2.49. The molecule has 2 heterocycles. The van der Waals surface area contributed by atoms with E-state index in [4.69, 9.17) is 15.2 Å². The van der Waals surface area contributed by atoms with E-state index in [-0.39, 0.29) is 5.54 Å². The van der Waals surface area contributed by atoms with Crippen LogP contribution in [0.4, 0.5) is 0 Å². The summed E-state index contributed by atoms with van der Waals surface area (Å²) in [6.07, 6.45) is 7.52. The van der Waals surface area contributed by atoms with Gasteiger partial charge in [0, 0.05) is 22.2 Å². The van der Waals surface area contributed by atoms with Crippen LogP contribution in [0.15, 0.2) is 4.47 Å². The zero-order valence-electron chi connectivity index (χ0n) is 11.6. The number of ether oxygens (including phenoxy) is 2. The van der Waals surface area contributed by atoms with Crippen LogP contribution >= 0.6 is 15.9 Å². The highest BCUT2D eigenvalue weighted by Gasteiger charge is 2.41. The number of fused-ring (bicyclic) bond motifs is 2. The fourth-order valence-corrected chi connectivity index (χ4v) is 4.09. The lowest BCUT2D eigenvalue weighted by molar-refractivity contribution is 0.266. The first kappa shape index (κ1) is 13.0. The second-order valence-corrected chi connectivity index (χ2v) is 7.14. The second kappa shape index (κ2) is 4.63. The Kier molecular flexibility index (Phi) is 3.00. The monoisotopic (exact) mass is 337 g/mol. The predicted octanol–water partition coefficient (Wildman–Crippen LogP) is 3.13. The van der Waals surface area contributed by atoms with Crippen LogP contribution in [0.5, 0.6) is 11.5 Å². The summed E-state index contributed by atoms with van der Waals surface area (Å²) in [7, 11) is 0. The standard InChI is InChI=1S/C16H20BrNO2/c17-13-11-4-2-7-19-14(11)12(9-16(18)5-6-16)10-3-1-8-20-15(10)13/h1-9,18H2. The van der Waals surface area contributed by atoms with Crippen molar-refractivity contribution in [3.05, 3.63) is 21.2 Å². The van der Waals surface area contributed by atoms with Gasteiger partial charge in [0.15, 0.2) is 0 Å². The molecule has 0 atom stereocenters. The van der Waals surface area contributed by atoms with Crippen molar-refractivity contribution in [1.82, 2.24) is 0 Å². The average Bonchev–Trinajstić information content (AvgIpc) is 3.21. The number of hydrogen-bond acceptors (Lipinski definition) is 3. The van der Waals surface area contributed by atoms with Gasteiger partial charge in [-0.2, -0.15) is 0 Å². The number of nitrogens with two attached hydrogens (primary N) is 1. The van der Waals surface area contributed by atoms with E-state index in [9.17, 15) is 0 Å². The lowest BCUT2D eigenvalue weighted by atomic mass is 9.89. The fraction of sp³-hybridized carbons (Fsp3) is 0.625. The van der Waals surface area contributed by atoms with Crippen LogP contribution in [0, 0.1) is 0 Å². The zero-order chi connectivity index (χ0) is 13.7. The molecule has 0 bridgehead atoms. The Morgan fingerprint density at radius 3 is 2.35 bits per heavy atom. The summed E-state index contributed by atoms with van der Waals surface area (Å²) in [5, 5.41) is 0. The Balaban J connectivity index is 1.89. The first-order valence-electron chi connectivity index (χ1n) is 7.58. The van der Waals surface area contributed by atoms with Crippen LogP contribution in [0.1, 0.15) is 42.4 Å². The topological polar surface area (TPSA) is 44.5 Å². The Morgan fingerprint density at radius 1 is 1.00 bits per heavy atom. The van der Waals surface area contributed by atoms with E-state index < -0.39 is 0 Å². The largest absolute Gasteiger partial charge is 0.493 e. The van der Waals surface area contributed by atoms with Crippen molar-refractivity contribution >= 4 is 15.9 Å². The van der Waals surface area contributed by atoms with Gasteiger partial charge in [-0.3, -0.25) is 0 Å². The third-order valence-electron chi connectivity index (χ3n) is 4.71. The van der Waals surface area contributed by atoms with Crippen molar-refractivity contribution < 1.29 is 9.47 Å². The molecule has 0 radical (unpaired) electrons. The lowest BCUT2D eigenvalue weighted by Gasteiger charge is -2.30. The molecule has 108 valence electrons. The molecule has 1 aliphatic carbocycles. The molecule has 2 aliphatic heterocycles. The number of benzene rings is 1. The lowest BCUT2D eigenvalue weighted by Crippen LogP contribution is -2.27. The van der Waals surface area contributed by atoms with Crippen molar-refractivity contribution in [3.8, 4) is 11.5 Å². The Labute approximate surface area is 127 Å². The summed E-state index contributed by atoms with van der Waals surface area (Å²) >= 11 is 3.75. The van der Waals surface area contributed by atoms with Crippen molar-refractivity contribution in [1.29, 1.82) is 0 Å². The van der Waals surface area contributed by atoms with Crippen molar-refractivity contribution in [2.24, 2.45) is 5.73 Å². The van der Waals surface area contributed by atoms with Crippen molar-refractivity contribution in [2.75, 3.05) is 13.2 Å². The van der Waals surface area contributed by atoms with E-state index in [1.54, 1.807) is 0 Å². The van der Waals surface area contributed by atoms with Gasteiger partial charge in [-0.1, -0.05) is 0 Å². The minimum absolute atomic E-state index is 0.00756. The molecule has 2 N–H and O–H groups in total. The van der Waals surface area contributed by atoms with Gasteiger partial charge in [-0.05, 0) is 60.9 Å². The summed E-state index contributed by atoms with van der Waals surface area (Å²) in [6.45, 7) is 1.64. The molecule has 1 fully saturated rings. The Morgan fingerprint density at radius 2 is 1.65 bits per heavy atom. The third kappa shape index (κ3) is 2.04. The van der Waals surface area contributed by atoms with Crippen LogP contribution < -0.4 is 15.2 Å². The van der Waals surface area contributed by atoms with E-state index in [0.29, 0.717) is 0 Å². The third-order valence-corrected chi connectivity index (χ3v) is 5.55. The van der Waals surface area contributed by atoms with E-state index in [1.807, 2.05) is 0 Å². The highest BCUT2D eigenvalue weighted by atomic mass is 79.9. The van der Waals surface area contributed by atoms with Crippen LogP contribution in [0.3, 0.4) is 0 Å². The zero-order valence-corrected chi connectivity index (χ0v) is 13.2. The maximum absolute atomic E-state index is 6.37. The molecule has 4 rings (SSSR count). The summed E-state index contributed by atoms with van der Waals surface area (Å²) in [5.74, 6) is 2.16. The Bertz CT molecular complexity index is 529. The van der Waals surface area contributed by atoms with Crippen molar-refractivity contribution in [3.63, 3.8) is 0 Å². The van der Waals surface area contributed by atoms with Gasteiger partial charge in [0.05, 0.1) is 17.7 Å². The van der Waals surface area contributed by atoms with Gasteiger partial charge in [0.25, 0.3) is 0 Å². The van der Waals surface area contributed by atoms with E-state index in [0.717, 1.165) is 74.1 Å². The van der Waals surface area contributed by atoms with Gasteiger partial charge in [-0.15, -0.1) is 0 Å². The molecule has 1 aromatic carbocycles. The van der Waals surface area contributed by atoms with Crippen LogP contribution in [-0.4, -0.2) is 18.8 Å². The van der Waals surface area contributed by atoms with E-state index >= 15 is 0 Å². The average molecular weight is 338 g/mol. The van der Waals surface area contributed by atoms with Gasteiger partial charge in [0.1, 0.15) is 11.5 Å².